The minimum atomic E-state index is -0.788. The van der Waals surface area contributed by atoms with Gasteiger partial charge in [0.05, 0.1) is 5.56 Å². The van der Waals surface area contributed by atoms with Crippen molar-refractivity contribution in [1.82, 2.24) is 4.90 Å². The van der Waals surface area contributed by atoms with Crippen LogP contribution in [0.1, 0.15) is 60.0 Å². The monoisotopic (exact) mass is 287 g/mol. The first-order valence-corrected chi connectivity index (χ1v) is 8.30. The lowest BCUT2D eigenvalue weighted by Crippen LogP contribution is -2.35. The molecule has 3 nitrogen and oxygen atoms in total. The average molecular weight is 287 g/mol. The lowest BCUT2D eigenvalue weighted by Gasteiger charge is -2.32. The van der Waals surface area contributed by atoms with Crippen LogP contribution in [0.5, 0.6) is 0 Å². The zero-order valence-electron chi connectivity index (χ0n) is 12.7. The molecule has 0 spiro atoms. The summed E-state index contributed by atoms with van der Waals surface area (Å²) in [6.07, 6.45) is 9.21. The third-order valence-electron chi connectivity index (χ3n) is 5.07. The van der Waals surface area contributed by atoms with Gasteiger partial charge in [-0.15, -0.1) is 0 Å². The summed E-state index contributed by atoms with van der Waals surface area (Å²) in [4.78, 5) is 13.8. The summed E-state index contributed by atoms with van der Waals surface area (Å²) >= 11 is 0. The van der Waals surface area contributed by atoms with Crippen LogP contribution in [-0.4, -0.2) is 29.1 Å². The van der Waals surface area contributed by atoms with Crippen LogP contribution in [0.3, 0.4) is 0 Å². The third kappa shape index (κ3) is 3.46. The van der Waals surface area contributed by atoms with Gasteiger partial charge in [0.15, 0.2) is 0 Å². The smallest absolute Gasteiger partial charge is 0.335 e. The van der Waals surface area contributed by atoms with Gasteiger partial charge in [0.25, 0.3) is 0 Å². The molecular weight excluding hydrogens is 262 g/mol. The van der Waals surface area contributed by atoms with Gasteiger partial charge in [0.1, 0.15) is 0 Å². The lowest BCUT2D eigenvalue weighted by atomic mass is 9.93. The van der Waals surface area contributed by atoms with Crippen molar-refractivity contribution in [3.8, 4) is 0 Å². The van der Waals surface area contributed by atoms with E-state index in [4.69, 9.17) is 0 Å². The summed E-state index contributed by atoms with van der Waals surface area (Å²) in [5.41, 5.74) is 2.78. The number of hydrogen-bond donors (Lipinski definition) is 1. The summed E-state index contributed by atoms with van der Waals surface area (Å²) in [6, 6.07) is 5.72. The standard InChI is InChI=1S/C18H25NO2/c20-18(21)17-9-5-8-15-13-19(11-10-16(15)17)12-14-6-3-1-2-4-7-14/h5,8-9,14H,1-4,6-7,10-13H2,(H,20,21). The van der Waals surface area contributed by atoms with E-state index in [1.54, 1.807) is 6.07 Å². The molecule has 1 fully saturated rings. The Kier molecular flexibility index (Phi) is 4.59. The number of carbonyl (C=O) groups is 1. The first-order valence-electron chi connectivity index (χ1n) is 8.30. The lowest BCUT2D eigenvalue weighted by molar-refractivity contribution is 0.0694. The summed E-state index contributed by atoms with van der Waals surface area (Å²) in [5, 5.41) is 9.29. The molecule has 1 aliphatic heterocycles. The van der Waals surface area contributed by atoms with E-state index in [0.29, 0.717) is 5.56 Å². The van der Waals surface area contributed by atoms with Crippen LogP contribution >= 0.6 is 0 Å². The highest BCUT2D eigenvalue weighted by Crippen LogP contribution is 2.27. The van der Waals surface area contributed by atoms with Gasteiger partial charge >= 0.3 is 5.97 Å². The molecule has 1 saturated carbocycles. The van der Waals surface area contributed by atoms with Crippen molar-refractivity contribution in [2.24, 2.45) is 5.92 Å². The summed E-state index contributed by atoms with van der Waals surface area (Å²) in [5.74, 6) is 0.0563. The fraction of sp³-hybridized carbons (Fsp3) is 0.611. The Hall–Kier alpha value is -1.35. The van der Waals surface area contributed by atoms with Crippen LogP contribution in [0.4, 0.5) is 0 Å². The Bertz CT molecular complexity index is 504. The van der Waals surface area contributed by atoms with Crippen LogP contribution in [0, 0.1) is 5.92 Å². The largest absolute Gasteiger partial charge is 0.478 e. The van der Waals surface area contributed by atoms with E-state index in [2.05, 4.69) is 11.0 Å². The van der Waals surface area contributed by atoms with Crippen molar-refractivity contribution >= 4 is 5.97 Å². The maximum absolute atomic E-state index is 11.3. The Morgan fingerprint density at radius 1 is 1.19 bits per heavy atom. The third-order valence-corrected chi connectivity index (χ3v) is 5.07. The molecule has 3 heteroatoms. The van der Waals surface area contributed by atoms with Gasteiger partial charge in [-0.05, 0) is 42.4 Å². The molecule has 1 aromatic rings. The predicted molar refractivity (Wildman–Crippen MR) is 83.6 cm³/mol. The van der Waals surface area contributed by atoms with Crippen LogP contribution in [0.25, 0.3) is 0 Å². The number of carboxylic acids is 1. The predicted octanol–water partition coefficient (Wildman–Crippen LogP) is 3.71. The fourth-order valence-corrected chi connectivity index (χ4v) is 3.94. The van der Waals surface area contributed by atoms with E-state index in [9.17, 15) is 9.90 Å². The van der Waals surface area contributed by atoms with Gasteiger partial charge in [-0.2, -0.15) is 0 Å². The van der Waals surface area contributed by atoms with Crippen molar-refractivity contribution in [2.45, 2.75) is 51.5 Å². The molecule has 0 radical (unpaired) electrons. The molecule has 21 heavy (non-hydrogen) atoms. The average Bonchev–Trinajstić information content (AvgIpc) is 2.75. The van der Waals surface area contributed by atoms with Gasteiger partial charge < -0.3 is 5.11 Å². The molecule has 1 aliphatic carbocycles. The van der Waals surface area contributed by atoms with Gasteiger partial charge in [-0.3, -0.25) is 4.90 Å². The summed E-state index contributed by atoms with van der Waals surface area (Å²) in [6.45, 7) is 3.12. The Balaban J connectivity index is 1.67. The maximum atomic E-state index is 11.3. The molecule has 1 heterocycles. The normalized spacial score (nSPS) is 20.8. The molecule has 1 N–H and O–H groups in total. The van der Waals surface area contributed by atoms with E-state index in [1.807, 2.05) is 6.07 Å². The Labute approximate surface area is 127 Å². The van der Waals surface area contributed by atoms with Crippen molar-refractivity contribution in [2.75, 3.05) is 13.1 Å². The number of aromatic carboxylic acids is 1. The molecule has 2 aliphatic rings. The van der Waals surface area contributed by atoms with Crippen molar-refractivity contribution in [3.05, 3.63) is 34.9 Å². The second kappa shape index (κ2) is 6.61. The maximum Gasteiger partial charge on any atom is 0.335 e. The highest BCUT2D eigenvalue weighted by atomic mass is 16.4. The van der Waals surface area contributed by atoms with Crippen LogP contribution in [-0.2, 0) is 13.0 Å². The topological polar surface area (TPSA) is 40.5 Å². The second-order valence-electron chi connectivity index (χ2n) is 6.59. The molecule has 0 atom stereocenters. The Morgan fingerprint density at radius 2 is 1.95 bits per heavy atom. The van der Waals surface area contributed by atoms with Crippen LogP contribution < -0.4 is 0 Å². The van der Waals surface area contributed by atoms with Gasteiger partial charge in [0.2, 0.25) is 0 Å². The zero-order valence-corrected chi connectivity index (χ0v) is 12.7. The van der Waals surface area contributed by atoms with E-state index in [0.717, 1.165) is 31.0 Å². The van der Waals surface area contributed by atoms with Crippen molar-refractivity contribution in [3.63, 3.8) is 0 Å². The van der Waals surface area contributed by atoms with E-state index in [1.165, 1.54) is 50.6 Å². The first kappa shape index (κ1) is 14.6. The number of nitrogens with zero attached hydrogens (tertiary/aromatic N) is 1. The number of fused-ring (bicyclic) bond motifs is 1. The number of carboxylic acid groups (broad SMARTS) is 1. The van der Waals surface area contributed by atoms with E-state index in [-0.39, 0.29) is 0 Å². The SMILES string of the molecule is O=C(O)c1cccc2c1CCN(CC1CCCCCC1)C2. The minimum Gasteiger partial charge on any atom is -0.478 e. The molecular formula is C18H25NO2. The molecule has 3 rings (SSSR count). The number of hydrogen-bond acceptors (Lipinski definition) is 2. The molecule has 114 valence electrons. The number of rotatable bonds is 3. The van der Waals surface area contributed by atoms with Gasteiger partial charge in [-0.1, -0.05) is 37.8 Å². The van der Waals surface area contributed by atoms with Crippen molar-refractivity contribution < 1.29 is 9.90 Å². The quantitative estimate of drug-likeness (QED) is 0.861. The molecule has 1 aromatic carbocycles. The summed E-state index contributed by atoms with van der Waals surface area (Å²) < 4.78 is 0. The molecule has 0 saturated heterocycles. The molecule has 0 unspecified atom stereocenters. The Morgan fingerprint density at radius 3 is 2.67 bits per heavy atom. The van der Waals surface area contributed by atoms with Crippen molar-refractivity contribution in [1.29, 1.82) is 0 Å². The minimum absolute atomic E-state index is 0.501. The van der Waals surface area contributed by atoms with E-state index >= 15 is 0 Å². The highest BCUT2D eigenvalue weighted by Gasteiger charge is 2.23. The zero-order chi connectivity index (χ0) is 14.7. The van der Waals surface area contributed by atoms with Gasteiger partial charge in [-0.25, -0.2) is 4.79 Å². The van der Waals surface area contributed by atoms with E-state index < -0.39 is 5.97 Å². The fourth-order valence-electron chi connectivity index (χ4n) is 3.94. The molecule has 0 aromatic heterocycles. The van der Waals surface area contributed by atoms with Gasteiger partial charge in [0, 0.05) is 19.6 Å². The molecule has 0 bridgehead atoms. The van der Waals surface area contributed by atoms with Crippen LogP contribution in [0.15, 0.2) is 18.2 Å². The molecule has 0 amide bonds. The number of benzene rings is 1. The summed E-state index contributed by atoms with van der Waals surface area (Å²) in [7, 11) is 0. The highest BCUT2D eigenvalue weighted by molar-refractivity contribution is 5.89. The second-order valence-corrected chi connectivity index (χ2v) is 6.59. The first-order chi connectivity index (χ1) is 10.2. The van der Waals surface area contributed by atoms with Crippen LogP contribution in [0.2, 0.25) is 0 Å².